The van der Waals surface area contributed by atoms with Crippen molar-refractivity contribution in [2.75, 3.05) is 29.6 Å². The third-order valence-electron chi connectivity index (χ3n) is 1.48. The molecule has 72 valence electrons. The van der Waals surface area contributed by atoms with Gasteiger partial charge in [0.05, 0.1) is 18.1 Å². The Morgan fingerprint density at radius 2 is 2.15 bits per heavy atom. The standard InChI is InChI=1S/C8H14N4S/c1-13-4-2-3-10-8-11-5-7(9)6-12-8/h5-6H,2-4,9H2,1H3,(H,10,11,12). The van der Waals surface area contributed by atoms with Gasteiger partial charge in [0.15, 0.2) is 0 Å². The van der Waals surface area contributed by atoms with Crippen LogP contribution >= 0.6 is 11.8 Å². The first kappa shape index (κ1) is 10.1. The van der Waals surface area contributed by atoms with Gasteiger partial charge in [-0.3, -0.25) is 0 Å². The monoisotopic (exact) mass is 198 g/mol. The maximum atomic E-state index is 5.45. The van der Waals surface area contributed by atoms with E-state index in [1.54, 1.807) is 12.4 Å². The molecule has 3 N–H and O–H groups in total. The largest absolute Gasteiger partial charge is 0.396 e. The minimum atomic E-state index is 0.592. The SMILES string of the molecule is CSCCCNc1ncc(N)cn1. The molecule has 13 heavy (non-hydrogen) atoms. The predicted molar refractivity (Wildman–Crippen MR) is 57.9 cm³/mol. The fraction of sp³-hybridized carbons (Fsp3) is 0.500. The lowest BCUT2D eigenvalue weighted by atomic mass is 10.5. The molecule has 0 amide bonds. The zero-order valence-electron chi connectivity index (χ0n) is 7.66. The molecule has 0 aliphatic heterocycles. The Kier molecular flexibility index (Phi) is 4.39. The second-order valence-electron chi connectivity index (χ2n) is 2.61. The molecule has 1 heterocycles. The molecule has 1 aromatic rings. The third-order valence-corrected chi connectivity index (χ3v) is 2.18. The Labute approximate surface area is 82.3 Å². The number of thioether (sulfide) groups is 1. The number of hydrogen-bond donors (Lipinski definition) is 2. The molecule has 1 rings (SSSR count). The summed E-state index contributed by atoms with van der Waals surface area (Å²) in [5, 5.41) is 3.12. The van der Waals surface area contributed by atoms with Crippen LogP contribution in [-0.4, -0.2) is 28.5 Å². The topological polar surface area (TPSA) is 63.8 Å². The van der Waals surface area contributed by atoms with Crippen LogP contribution in [0.4, 0.5) is 11.6 Å². The Hall–Kier alpha value is -0.970. The second-order valence-corrected chi connectivity index (χ2v) is 3.60. The van der Waals surface area contributed by atoms with Gasteiger partial charge in [-0.2, -0.15) is 11.8 Å². The number of nitrogens with zero attached hydrogens (tertiary/aromatic N) is 2. The minimum absolute atomic E-state index is 0.592. The molecule has 0 spiro atoms. The van der Waals surface area contributed by atoms with Crippen LogP contribution in [0.5, 0.6) is 0 Å². The van der Waals surface area contributed by atoms with E-state index < -0.39 is 0 Å². The van der Waals surface area contributed by atoms with Crippen molar-refractivity contribution in [3.05, 3.63) is 12.4 Å². The van der Waals surface area contributed by atoms with E-state index in [2.05, 4.69) is 21.5 Å². The van der Waals surface area contributed by atoms with Crippen LogP contribution in [0, 0.1) is 0 Å². The first-order chi connectivity index (χ1) is 6.33. The average Bonchev–Trinajstić information content (AvgIpc) is 2.15. The zero-order valence-corrected chi connectivity index (χ0v) is 8.47. The Morgan fingerprint density at radius 1 is 1.46 bits per heavy atom. The van der Waals surface area contributed by atoms with Crippen molar-refractivity contribution >= 4 is 23.4 Å². The van der Waals surface area contributed by atoms with Gasteiger partial charge in [-0.1, -0.05) is 0 Å². The molecule has 0 aliphatic carbocycles. The number of rotatable bonds is 5. The molecule has 0 fully saturated rings. The van der Waals surface area contributed by atoms with E-state index in [1.165, 1.54) is 0 Å². The summed E-state index contributed by atoms with van der Waals surface area (Å²) in [6, 6.07) is 0. The molecule has 1 aromatic heterocycles. The Bertz CT molecular complexity index is 236. The van der Waals surface area contributed by atoms with Crippen molar-refractivity contribution in [2.45, 2.75) is 6.42 Å². The molecule has 5 heteroatoms. The number of anilines is 2. The van der Waals surface area contributed by atoms with Crippen LogP contribution in [0.1, 0.15) is 6.42 Å². The predicted octanol–water partition coefficient (Wildman–Crippen LogP) is 1.22. The lowest BCUT2D eigenvalue weighted by molar-refractivity contribution is 0.964. The smallest absolute Gasteiger partial charge is 0.222 e. The quantitative estimate of drug-likeness (QED) is 0.697. The van der Waals surface area contributed by atoms with Crippen molar-refractivity contribution in [2.24, 2.45) is 0 Å². The number of nitrogens with one attached hydrogen (secondary N) is 1. The van der Waals surface area contributed by atoms with Crippen LogP contribution < -0.4 is 11.1 Å². The fourth-order valence-electron chi connectivity index (χ4n) is 0.846. The van der Waals surface area contributed by atoms with Crippen molar-refractivity contribution in [1.29, 1.82) is 0 Å². The van der Waals surface area contributed by atoms with Crippen molar-refractivity contribution < 1.29 is 0 Å². The van der Waals surface area contributed by atoms with E-state index in [4.69, 9.17) is 5.73 Å². The highest BCUT2D eigenvalue weighted by Crippen LogP contribution is 2.01. The van der Waals surface area contributed by atoms with Crippen LogP contribution in [0.3, 0.4) is 0 Å². The normalized spacial score (nSPS) is 9.92. The molecule has 0 unspecified atom stereocenters. The van der Waals surface area contributed by atoms with Gasteiger partial charge >= 0.3 is 0 Å². The number of aromatic nitrogens is 2. The molecule has 0 saturated carbocycles. The first-order valence-corrected chi connectivity index (χ1v) is 5.52. The van der Waals surface area contributed by atoms with Gasteiger partial charge in [0.1, 0.15) is 0 Å². The summed E-state index contributed by atoms with van der Waals surface area (Å²) < 4.78 is 0. The van der Waals surface area contributed by atoms with E-state index in [-0.39, 0.29) is 0 Å². The molecule has 0 bridgehead atoms. The highest BCUT2D eigenvalue weighted by atomic mass is 32.2. The lowest BCUT2D eigenvalue weighted by Crippen LogP contribution is -2.06. The van der Waals surface area contributed by atoms with Crippen molar-refractivity contribution in [1.82, 2.24) is 9.97 Å². The zero-order chi connectivity index (χ0) is 9.52. The first-order valence-electron chi connectivity index (χ1n) is 4.13. The van der Waals surface area contributed by atoms with Gasteiger partial charge in [0.2, 0.25) is 5.95 Å². The van der Waals surface area contributed by atoms with Crippen molar-refractivity contribution in [3.8, 4) is 0 Å². The summed E-state index contributed by atoms with van der Waals surface area (Å²) in [6.45, 7) is 0.907. The summed E-state index contributed by atoms with van der Waals surface area (Å²) in [4.78, 5) is 8.04. The van der Waals surface area contributed by atoms with E-state index >= 15 is 0 Å². The summed E-state index contributed by atoms with van der Waals surface area (Å²) in [5.41, 5.74) is 6.04. The van der Waals surface area contributed by atoms with Gasteiger partial charge in [0.25, 0.3) is 0 Å². The van der Waals surface area contributed by atoms with Crippen LogP contribution in [-0.2, 0) is 0 Å². The summed E-state index contributed by atoms with van der Waals surface area (Å²) in [7, 11) is 0. The third kappa shape index (κ3) is 3.98. The van der Waals surface area contributed by atoms with Gasteiger partial charge in [-0.05, 0) is 18.4 Å². The van der Waals surface area contributed by atoms with E-state index in [9.17, 15) is 0 Å². The van der Waals surface area contributed by atoms with Gasteiger partial charge in [-0.25, -0.2) is 9.97 Å². The molecule has 0 aliphatic rings. The maximum absolute atomic E-state index is 5.45. The number of hydrogen-bond acceptors (Lipinski definition) is 5. The lowest BCUT2D eigenvalue weighted by Gasteiger charge is -2.02. The van der Waals surface area contributed by atoms with Crippen LogP contribution in [0.2, 0.25) is 0 Å². The molecular formula is C8H14N4S. The fourth-order valence-corrected chi connectivity index (χ4v) is 1.28. The summed E-state index contributed by atoms with van der Waals surface area (Å²) in [6.07, 6.45) is 6.42. The molecule has 0 atom stereocenters. The van der Waals surface area contributed by atoms with Gasteiger partial charge in [-0.15, -0.1) is 0 Å². The van der Waals surface area contributed by atoms with Gasteiger partial charge < -0.3 is 11.1 Å². The van der Waals surface area contributed by atoms with Gasteiger partial charge in [0, 0.05) is 6.54 Å². The van der Waals surface area contributed by atoms with E-state index in [1.807, 2.05) is 11.8 Å². The summed E-state index contributed by atoms with van der Waals surface area (Å²) >= 11 is 1.84. The number of nitrogen functional groups attached to an aromatic ring is 1. The highest BCUT2D eigenvalue weighted by molar-refractivity contribution is 7.98. The summed E-state index contributed by atoms with van der Waals surface area (Å²) in [5.74, 6) is 1.80. The Balaban J connectivity index is 2.25. The van der Waals surface area contributed by atoms with Crippen LogP contribution in [0.25, 0.3) is 0 Å². The second kappa shape index (κ2) is 5.64. The van der Waals surface area contributed by atoms with Crippen LogP contribution in [0.15, 0.2) is 12.4 Å². The highest BCUT2D eigenvalue weighted by Gasteiger charge is 1.93. The van der Waals surface area contributed by atoms with Crippen molar-refractivity contribution in [3.63, 3.8) is 0 Å². The molecule has 0 aromatic carbocycles. The van der Waals surface area contributed by atoms with E-state index in [0.717, 1.165) is 18.7 Å². The number of nitrogens with two attached hydrogens (primary N) is 1. The maximum Gasteiger partial charge on any atom is 0.222 e. The minimum Gasteiger partial charge on any atom is -0.396 e. The molecule has 4 nitrogen and oxygen atoms in total. The Morgan fingerprint density at radius 3 is 2.77 bits per heavy atom. The molecule has 0 radical (unpaired) electrons. The molecule has 0 saturated heterocycles. The average molecular weight is 198 g/mol. The van der Waals surface area contributed by atoms with E-state index in [0.29, 0.717) is 11.6 Å². The molecular weight excluding hydrogens is 184 g/mol.